The Kier molecular flexibility index (Phi) is 4.21. The van der Waals surface area contributed by atoms with Crippen LogP contribution in [-0.4, -0.2) is 16.0 Å². The van der Waals surface area contributed by atoms with Crippen LogP contribution in [0.5, 0.6) is 11.5 Å². The molecule has 0 saturated heterocycles. The lowest BCUT2D eigenvalue weighted by Gasteiger charge is -2.11. The summed E-state index contributed by atoms with van der Waals surface area (Å²) >= 11 is 0. The van der Waals surface area contributed by atoms with Crippen LogP contribution >= 0.6 is 0 Å². The third-order valence-electron chi connectivity index (χ3n) is 2.81. The lowest BCUT2D eigenvalue weighted by Crippen LogP contribution is -2.13. The Bertz CT molecular complexity index is 759. The van der Waals surface area contributed by atoms with Crippen molar-refractivity contribution in [3.05, 3.63) is 63.7 Å². The SMILES string of the molecule is O=C(Oc1ccccc1)c1ccc(C(F)(F)F)c([N+](=O)[O-])c1O. The first-order valence-electron chi connectivity index (χ1n) is 6.06. The van der Waals surface area contributed by atoms with Gasteiger partial charge in [-0.3, -0.25) is 10.1 Å². The number of phenols is 1. The number of halogens is 3. The van der Waals surface area contributed by atoms with Gasteiger partial charge in [0.25, 0.3) is 0 Å². The number of para-hydroxylation sites is 1. The molecule has 0 aliphatic carbocycles. The average molecular weight is 327 g/mol. The van der Waals surface area contributed by atoms with Gasteiger partial charge in [0, 0.05) is 0 Å². The smallest absolute Gasteiger partial charge is 0.423 e. The molecular formula is C14H8F3NO5. The zero-order valence-electron chi connectivity index (χ0n) is 11.2. The number of benzene rings is 2. The summed E-state index contributed by atoms with van der Waals surface area (Å²) in [5.41, 5.74) is -4.00. The molecule has 0 fully saturated rings. The Labute approximate surface area is 126 Å². The number of carbonyl (C=O) groups excluding carboxylic acids is 1. The van der Waals surface area contributed by atoms with Crippen molar-refractivity contribution < 1.29 is 32.7 Å². The number of alkyl halides is 3. The fourth-order valence-corrected chi connectivity index (χ4v) is 1.81. The largest absolute Gasteiger partial charge is 0.501 e. The minimum Gasteiger partial charge on any atom is -0.501 e. The number of ether oxygens (including phenoxy) is 1. The summed E-state index contributed by atoms with van der Waals surface area (Å²) < 4.78 is 43.0. The number of hydrogen-bond donors (Lipinski definition) is 1. The zero-order chi connectivity index (χ0) is 17.2. The van der Waals surface area contributed by atoms with Crippen molar-refractivity contribution >= 4 is 11.7 Å². The van der Waals surface area contributed by atoms with Crippen LogP contribution in [0.2, 0.25) is 0 Å². The van der Waals surface area contributed by atoms with Crippen molar-refractivity contribution in [3.63, 3.8) is 0 Å². The molecule has 0 aliphatic rings. The fraction of sp³-hybridized carbons (Fsp3) is 0.0714. The number of rotatable bonds is 3. The molecule has 23 heavy (non-hydrogen) atoms. The highest BCUT2D eigenvalue weighted by atomic mass is 19.4. The quantitative estimate of drug-likeness (QED) is 0.403. The third-order valence-corrected chi connectivity index (χ3v) is 2.81. The fourth-order valence-electron chi connectivity index (χ4n) is 1.81. The van der Waals surface area contributed by atoms with E-state index in [1.54, 1.807) is 6.07 Å². The number of nitro benzene ring substituents is 1. The monoisotopic (exact) mass is 327 g/mol. The van der Waals surface area contributed by atoms with E-state index in [0.717, 1.165) is 0 Å². The van der Waals surface area contributed by atoms with E-state index in [2.05, 4.69) is 0 Å². The Hall–Kier alpha value is -3.10. The lowest BCUT2D eigenvalue weighted by molar-refractivity contribution is -0.389. The summed E-state index contributed by atoms with van der Waals surface area (Å²) in [5.74, 6) is -2.55. The normalized spacial score (nSPS) is 11.1. The van der Waals surface area contributed by atoms with Crippen LogP contribution in [0.1, 0.15) is 15.9 Å². The Balaban J connectivity index is 2.47. The first-order valence-corrected chi connectivity index (χ1v) is 6.06. The van der Waals surface area contributed by atoms with Gasteiger partial charge in [0.15, 0.2) is 0 Å². The summed E-state index contributed by atoms with van der Waals surface area (Å²) in [7, 11) is 0. The predicted octanol–water partition coefficient (Wildman–Crippen LogP) is 3.54. The molecule has 2 aromatic rings. The number of hydrogen-bond acceptors (Lipinski definition) is 5. The van der Waals surface area contributed by atoms with E-state index < -0.39 is 39.6 Å². The highest BCUT2D eigenvalue weighted by Gasteiger charge is 2.41. The summed E-state index contributed by atoms with van der Waals surface area (Å²) in [6.45, 7) is 0. The molecule has 9 heteroatoms. The van der Waals surface area contributed by atoms with Gasteiger partial charge in [0.1, 0.15) is 16.9 Å². The summed E-state index contributed by atoms with van der Waals surface area (Å²) in [6, 6.07) is 8.48. The van der Waals surface area contributed by atoms with Gasteiger partial charge in [-0.2, -0.15) is 13.2 Å². The first-order chi connectivity index (χ1) is 10.7. The second-order valence-electron chi connectivity index (χ2n) is 4.32. The van der Waals surface area contributed by atoms with Crippen LogP contribution in [0, 0.1) is 10.1 Å². The van der Waals surface area contributed by atoms with Crippen molar-refractivity contribution in [1.29, 1.82) is 0 Å². The number of nitrogens with zero attached hydrogens (tertiary/aromatic N) is 1. The van der Waals surface area contributed by atoms with E-state index in [-0.39, 0.29) is 5.75 Å². The van der Waals surface area contributed by atoms with Crippen LogP contribution in [0.4, 0.5) is 18.9 Å². The van der Waals surface area contributed by atoms with Gasteiger partial charge in [-0.1, -0.05) is 18.2 Å². The molecule has 6 nitrogen and oxygen atoms in total. The molecule has 0 atom stereocenters. The van der Waals surface area contributed by atoms with E-state index >= 15 is 0 Å². The van der Waals surface area contributed by atoms with Crippen molar-refractivity contribution in [2.75, 3.05) is 0 Å². The number of phenolic OH excluding ortho intramolecular Hbond substituents is 1. The summed E-state index contributed by atoms with van der Waals surface area (Å²) in [6.07, 6.45) is -5.05. The van der Waals surface area contributed by atoms with Crippen LogP contribution in [-0.2, 0) is 6.18 Å². The van der Waals surface area contributed by atoms with Gasteiger partial charge in [-0.15, -0.1) is 0 Å². The van der Waals surface area contributed by atoms with E-state index in [1.165, 1.54) is 24.3 Å². The van der Waals surface area contributed by atoms with E-state index in [4.69, 9.17) is 4.74 Å². The van der Waals surface area contributed by atoms with Gasteiger partial charge in [0.2, 0.25) is 5.75 Å². The highest BCUT2D eigenvalue weighted by Crippen LogP contribution is 2.42. The van der Waals surface area contributed by atoms with Crippen LogP contribution in [0.3, 0.4) is 0 Å². The summed E-state index contributed by atoms with van der Waals surface area (Å²) in [4.78, 5) is 21.3. The molecule has 0 radical (unpaired) electrons. The topological polar surface area (TPSA) is 89.7 Å². The lowest BCUT2D eigenvalue weighted by atomic mass is 10.1. The van der Waals surface area contributed by atoms with Gasteiger partial charge < -0.3 is 9.84 Å². The molecule has 1 N–H and O–H groups in total. The van der Waals surface area contributed by atoms with Crippen molar-refractivity contribution in [2.45, 2.75) is 6.18 Å². The van der Waals surface area contributed by atoms with Crippen LogP contribution in [0.25, 0.3) is 0 Å². The van der Waals surface area contributed by atoms with Gasteiger partial charge in [-0.05, 0) is 24.3 Å². The minimum atomic E-state index is -5.05. The van der Waals surface area contributed by atoms with Gasteiger partial charge >= 0.3 is 17.8 Å². The highest BCUT2D eigenvalue weighted by molar-refractivity contribution is 5.95. The minimum absolute atomic E-state index is 0.0689. The standard InChI is InChI=1S/C14H8F3NO5/c15-14(16,17)10-7-6-9(12(19)11(10)18(21)22)13(20)23-8-4-2-1-3-5-8/h1-7,19H. The number of nitro groups is 1. The van der Waals surface area contributed by atoms with Gasteiger partial charge in [-0.25, -0.2) is 4.79 Å². The molecule has 0 spiro atoms. The Morgan fingerprint density at radius 2 is 1.74 bits per heavy atom. The average Bonchev–Trinajstić information content (AvgIpc) is 2.46. The molecule has 0 saturated carbocycles. The predicted molar refractivity (Wildman–Crippen MR) is 71.2 cm³/mol. The third kappa shape index (κ3) is 3.39. The Morgan fingerprint density at radius 1 is 1.13 bits per heavy atom. The molecule has 0 heterocycles. The van der Waals surface area contributed by atoms with Crippen molar-refractivity contribution in [1.82, 2.24) is 0 Å². The van der Waals surface area contributed by atoms with Crippen molar-refractivity contribution in [2.24, 2.45) is 0 Å². The van der Waals surface area contributed by atoms with E-state index in [1.807, 2.05) is 0 Å². The van der Waals surface area contributed by atoms with E-state index in [0.29, 0.717) is 12.1 Å². The van der Waals surface area contributed by atoms with Crippen molar-refractivity contribution in [3.8, 4) is 11.5 Å². The second-order valence-corrected chi connectivity index (χ2v) is 4.32. The molecule has 0 bridgehead atoms. The zero-order valence-corrected chi connectivity index (χ0v) is 11.2. The molecule has 0 aliphatic heterocycles. The second kappa shape index (κ2) is 5.95. The number of aromatic hydroxyl groups is 1. The molecule has 0 aromatic heterocycles. The molecule has 2 rings (SSSR count). The van der Waals surface area contributed by atoms with Crippen LogP contribution < -0.4 is 4.74 Å². The maximum Gasteiger partial charge on any atom is 0.423 e. The molecule has 0 unspecified atom stereocenters. The number of carbonyl (C=O) groups is 1. The molecule has 2 aromatic carbocycles. The first kappa shape index (κ1) is 16.3. The van der Waals surface area contributed by atoms with Gasteiger partial charge in [0.05, 0.1) is 4.92 Å². The molecule has 120 valence electrons. The maximum absolute atomic E-state index is 12.7. The van der Waals surface area contributed by atoms with E-state index in [9.17, 15) is 33.2 Å². The van der Waals surface area contributed by atoms with Crippen LogP contribution in [0.15, 0.2) is 42.5 Å². The molecule has 0 amide bonds. The molecular weight excluding hydrogens is 319 g/mol. The maximum atomic E-state index is 12.7. The Morgan fingerprint density at radius 3 is 2.26 bits per heavy atom. The number of esters is 1. The summed E-state index contributed by atoms with van der Waals surface area (Å²) in [5, 5.41) is 20.5.